The van der Waals surface area contributed by atoms with Crippen LogP contribution in [0.3, 0.4) is 0 Å². The van der Waals surface area contributed by atoms with Gasteiger partial charge in [0.15, 0.2) is 0 Å². The van der Waals surface area contributed by atoms with Crippen LogP contribution in [0.1, 0.15) is 11.1 Å². The van der Waals surface area contributed by atoms with Crippen molar-refractivity contribution in [3.8, 4) is 0 Å². The molecule has 2 aromatic carbocycles. The Morgan fingerprint density at radius 3 is 2.04 bits per heavy atom. The van der Waals surface area contributed by atoms with E-state index in [4.69, 9.17) is 0 Å². The van der Waals surface area contributed by atoms with Gasteiger partial charge in [-0.3, -0.25) is 0 Å². The Balaban J connectivity index is 1.95. The van der Waals surface area contributed by atoms with E-state index in [-0.39, 0.29) is 11.3 Å². The minimum atomic E-state index is -4.47. The van der Waals surface area contributed by atoms with E-state index < -0.39 is 36.0 Å². The quantitative estimate of drug-likeness (QED) is 0.809. The zero-order valence-corrected chi connectivity index (χ0v) is 11.5. The lowest BCUT2D eigenvalue weighted by Crippen LogP contribution is -2.29. The van der Waals surface area contributed by atoms with Gasteiger partial charge in [0.1, 0.15) is 11.6 Å². The van der Waals surface area contributed by atoms with Crippen molar-refractivity contribution in [1.82, 2.24) is 5.32 Å². The number of amides is 2. The van der Waals surface area contributed by atoms with E-state index >= 15 is 0 Å². The highest BCUT2D eigenvalue weighted by Gasteiger charge is 2.29. The lowest BCUT2D eigenvalue weighted by molar-refractivity contribution is -0.137. The van der Waals surface area contributed by atoms with Gasteiger partial charge < -0.3 is 10.6 Å². The molecule has 23 heavy (non-hydrogen) atoms. The Kier molecular flexibility index (Phi) is 4.83. The Morgan fingerprint density at radius 2 is 1.52 bits per heavy atom. The van der Waals surface area contributed by atoms with Crippen molar-refractivity contribution in [2.75, 3.05) is 5.32 Å². The van der Waals surface area contributed by atoms with Crippen molar-refractivity contribution in [3.05, 3.63) is 65.2 Å². The average molecular weight is 330 g/mol. The second-order valence-electron chi connectivity index (χ2n) is 4.58. The third-order valence-corrected chi connectivity index (χ3v) is 2.96. The fourth-order valence-electron chi connectivity index (χ4n) is 1.79. The fraction of sp³-hybridized carbons (Fsp3) is 0.133. The number of urea groups is 1. The molecule has 2 amide bonds. The van der Waals surface area contributed by atoms with Crippen molar-refractivity contribution in [1.29, 1.82) is 0 Å². The third kappa shape index (κ3) is 4.41. The number of carbonyl (C=O) groups is 1. The summed E-state index contributed by atoms with van der Waals surface area (Å²) in [5, 5.41) is 4.49. The van der Waals surface area contributed by atoms with E-state index in [0.717, 1.165) is 36.4 Å². The van der Waals surface area contributed by atoms with Gasteiger partial charge >= 0.3 is 12.2 Å². The highest BCUT2D eigenvalue weighted by molar-refractivity contribution is 5.89. The van der Waals surface area contributed by atoms with Crippen molar-refractivity contribution in [2.45, 2.75) is 12.7 Å². The largest absolute Gasteiger partial charge is 0.416 e. The van der Waals surface area contributed by atoms with Crippen molar-refractivity contribution < 1.29 is 26.7 Å². The first kappa shape index (κ1) is 16.7. The van der Waals surface area contributed by atoms with Crippen LogP contribution in [0.25, 0.3) is 0 Å². The summed E-state index contributed by atoms with van der Waals surface area (Å²) >= 11 is 0. The van der Waals surface area contributed by atoms with E-state index in [0.29, 0.717) is 0 Å². The molecule has 0 bridgehead atoms. The van der Waals surface area contributed by atoms with E-state index in [9.17, 15) is 26.7 Å². The number of nitrogens with one attached hydrogen (secondary N) is 2. The molecule has 0 spiro atoms. The Bertz CT molecular complexity index is 678. The van der Waals surface area contributed by atoms with Gasteiger partial charge in [-0.15, -0.1) is 0 Å². The minimum Gasteiger partial charge on any atom is -0.334 e. The Morgan fingerprint density at radius 1 is 0.957 bits per heavy atom. The van der Waals surface area contributed by atoms with E-state index in [1.54, 1.807) is 0 Å². The first-order valence-electron chi connectivity index (χ1n) is 6.42. The average Bonchev–Trinajstić information content (AvgIpc) is 2.46. The molecule has 0 aliphatic rings. The maximum atomic E-state index is 13.4. The standard InChI is InChI=1S/C15H11F5N2O/c16-12-2-1-3-13(17)11(12)8-21-14(23)22-10-6-4-9(5-7-10)15(18,19)20/h1-7H,8H2,(H2,21,22,23). The van der Waals surface area contributed by atoms with Crippen LogP contribution in [-0.4, -0.2) is 6.03 Å². The summed E-state index contributed by atoms with van der Waals surface area (Å²) in [6.45, 7) is -0.398. The molecule has 0 saturated carbocycles. The summed E-state index contributed by atoms with van der Waals surface area (Å²) in [7, 11) is 0. The molecular formula is C15H11F5N2O. The zero-order valence-electron chi connectivity index (χ0n) is 11.5. The number of halogens is 5. The van der Waals surface area contributed by atoms with Gasteiger partial charge in [-0.1, -0.05) is 6.07 Å². The van der Waals surface area contributed by atoms with Crippen molar-refractivity contribution in [2.24, 2.45) is 0 Å². The molecule has 0 radical (unpaired) electrons. The lowest BCUT2D eigenvalue weighted by Gasteiger charge is -2.10. The van der Waals surface area contributed by atoms with Gasteiger partial charge in [-0.05, 0) is 36.4 Å². The number of anilines is 1. The fourth-order valence-corrected chi connectivity index (χ4v) is 1.79. The Hall–Kier alpha value is -2.64. The maximum absolute atomic E-state index is 13.4. The number of alkyl halides is 3. The van der Waals surface area contributed by atoms with Crippen LogP contribution in [0.4, 0.5) is 32.4 Å². The molecule has 122 valence electrons. The second-order valence-corrected chi connectivity index (χ2v) is 4.58. The first-order chi connectivity index (χ1) is 10.8. The van der Waals surface area contributed by atoms with Crippen molar-refractivity contribution in [3.63, 3.8) is 0 Å². The van der Waals surface area contributed by atoms with Crippen LogP contribution < -0.4 is 10.6 Å². The van der Waals surface area contributed by atoms with E-state index in [2.05, 4.69) is 10.6 Å². The smallest absolute Gasteiger partial charge is 0.334 e. The number of hydrogen-bond donors (Lipinski definition) is 2. The number of benzene rings is 2. The monoisotopic (exact) mass is 330 g/mol. The van der Waals surface area contributed by atoms with E-state index in [1.165, 1.54) is 6.07 Å². The molecule has 0 heterocycles. The summed E-state index contributed by atoms with van der Waals surface area (Å²) in [5.74, 6) is -1.61. The molecule has 0 fully saturated rings. The summed E-state index contributed by atoms with van der Waals surface area (Å²) in [5.41, 5.74) is -1.04. The van der Waals surface area contributed by atoms with Crippen LogP contribution in [0.5, 0.6) is 0 Å². The predicted molar refractivity (Wildman–Crippen MR) is 73.7 cm³/mol. The van der Waals surface area contributed by atoms with Gasteiger partial charge in [0, 0.05) is 11.3 Å². The summed E-state index contributed by atoms with van der Waals surface area (Å²) in [6.07, 6.45) is -4.47. The molecule has 8 heteroatoms. The molecule has 0 aromatic heterocycles. The van der Waals surface area contributed by atoms with Gasteiger partial charge in [0.2, 0.25) is 0 Å². The van der Waals surface area contributed by atoms with Gasteiger partial charge in [-0.25, -0.2) is 13.6 Å². The van der Waals surface area contributed by atoms with Crippen LogP contribution in [0, 0.1) is 11.6 Å². The molecule has 0 unspecified atom stereocenters. The highest BCUT2D eigenvalue weighted by atomic mass is 19.4. The summed E-state index contributed by atoms with van der Waals surface area (Å²) in [6, 6.07) is 6.27. The molecule has 2 aromatic rings. The van der Waals surface area contributed by atoms with Gasteiger partial charge in [-0.2, -0.15) is 13.2 Å². The SMILES string of the molecule is O=C(NCc1c(F)cccc1F)Nc1ccc(C(F)(F)F)cc1. The van der Waals surface area contributed by atoms with E-state index in [1.807, 2.05) is 0 Å². The third-order valence-electron chi connectivity index (χ3n) is 2.96. The van der Waals surface area contributed by atoms with Gasteiger partial charge in [0.25, 0.3) is 0 Å². The van der Waals surface area contributed by atoms with Crippen LogP contribution >= 0.6 is 0 Å². The Labute approximate surface area is 128 Å². The molecule has 0 atom stereocenters. The van der Waals surface area contributed by atoms with Crippen molar-refractivity contribution >= 4 is 11.7 Å². The molecular weight excluding hydrogens is 319 g/mol. The summed E-state index contributed by atoms with van der Waals surface area (Å²) < 4.78 is 63.9. The maximum Gasteiger partial charge on any atom is 0.416 e. The van der Waals surface area contributed by atoms with Crippen LogP contribution in [-0.2, 0) is 12.7 Å². The second kappa shape index (κ2) is 6.64. The summed E-state index contributed by atoms with van der Waals surface area (Å²) in [4.78, 5) is 11.6. The van der Waals surface area contributed by atoms with Gasteiger partial charge in [0.05, 0.1) is 12.1 Å². The molecule has 3 nitrogen and oxygen atoms in total. The number of carbonyl (C=O) groups excluding carboxylic acids is 1. The lowest BCUT2D eigenvalue weighted by atomic mass is 10.2. The first-order valence-corrected chi connectivity index (χ1v) is 6.42. The topological polar surface area (TPSA) is 41.1 Å². The zero-order chi connectivity index (χ0) is 17.0. The minimum absolute atomic E-state index is 0.115. The highest BCUT2D eigenvalue weighted by Crippen LogP contribution is 2.29. The predicted octanol–water partition coefficient (Wildman–Crippen LogP) is 4.31. The molecule has 0 aliphatic heterocycles. The number of hydrogen-bond acceptors (Lipinski definition) is 1. The normalized spacial score (nSPS) is 11.2. The molecule has 2 rings (SSSR count). The van der Waals surface area contributed by atoms with Crippen LogP contribution in [0.2, 0.25) is 0 Å². The van der Waals surface area contributed by atoms with Crippen LogP contribution in [0.15, 0.2) is 42.5 Å². The molecule has 0 aliphatic carbocycles. The molecule has 0 saturated heterocycles. The number of rotatable bonds is 3. The molecule has 2 N–H and O–H groups in total.